The smallest absolute Gasteiger partial charge is 0.439 e. The van der Waals surface area contributed by atoms with Crippen molar-refractivity contribution in [2.75, 3.05) is 0 Å². The van der Waals surface area contributed by atoms with E-state index in [1.807, 2.05) is 45.0 Å². The van der Waals surface area contributed by atoms with E-state index in [0.717, 1.165) is 62.0 Å². The number of allylic oxidation sites excluding steroid dienone is 1. The molecule has 0 atom stereocenters. The molecular formula is C28H24ClN5O3. The molecule has 0 saturated heterocycles. The Bertz CT molecular complexity index is 1790. The SMILES string of the molecule is CCc1nc2c(Cl)cc(C)nc2n1-c1ccc2c(c1)COc1cccc(C)c1/C2=C(/C)c1noc(=O)[nH]1. The number of pyridine rings is 1. The van der Waals surface area contributed by atoms with Crippen LogP contribution in [0.4, 0.5) is 0 Å². The van der Waals surface area contributed by atoms with Crippen LogP contribution in [0.1, 0.15) is 53.4 Å². The van der Waals surface area contributed by atoms with Crippen LogP contribution in [0.25, 0.3) is 28.0 Å². The molecule has 0 spiro atoms. The summed E-state index contributed by atoms with van der Waals surface area (Å²) in [5.41, 5.74) is 8.86. The number of benzene rings is 2. The Morgan fingerprint density at radius 2 is 2.00 bits per heavy atom. The number of aryl methyl sites for hydroxylation is 3. The van der Waals surface area contributed by atoms with Gasteiger partial charge in [-0.15, -0.1) is 0 Å². The van der Waals surface area contributed by atoms with Gasteiger partial charge in [0.1, 0.15) is 23.7 Å². The number of hydrogen-bond acceptors (Lipinski definition) is 6. The quantitative estimate of drug-likeness (QED) is 0.327. The highest BCUT2D eigenvalue weighted by molar-refractivity contribution is 6.34. The number of imidazole rings is 1. The lowest BCUT2D eigenvalue weighted by molar-refractivity contribution is 0.307. The predicted octanol–water partition coefficient (Wildman–Crippen LogP) is 5.80. The van der Waals surface area contributed by atoms with Crippen LogP contribution in [0.3, 0.4) is 0 Å². The Labute approximate surface area is 217 Å². The van der Waals surface area contributed by atoms with E-state index in [4.69, 9.17) is 30.8 Å². The molecular weight excluding hydrogens is 490 g/mol. The average Bonchev–Trinajstić information content (AvgIpc) is 3.43. The third-order valence-electron chi connectivity index (χ3n) is 6.74. The van der Waals surface area contributed by atoms with Crippen molar-refractivity contribution in [3.63, 3.8) is 0 Å². The fourth-order valence-corrected chi connectivity index (χ4v) is 5.32. The summed E-state index contributed by atoms with van der Waals surface area (Å²) in [6.45, 7) is 8.33. The van der Waals surface area contributed by atoms with Gasteiger partial charge in [-0.2, -0.15) is 0 Å². The lowest BCUT2D eigenvalue weighted by atomic mass is 9.88. The molecule has 37 heavy (non-hydrogen) atoms. The highest BCUT2D eigenvalue weighted by atomic mass is 35.5. The number of halogens is 1. The minimum absolute atomic E-state index is 0.368. The van der Waals surface area contributed by atoms with Crippen LogP contribution < -0.4 is 10.5 Å². The standard InChI is InChI=1S/C28H24ClN5O3/c1-5-22-31-25-20(29)11-15(3)30-27(25)34(22)18-9-10-19-17(12-18)13-36-21-8-6-7-14(2)23(21)24(19)16(4)26-32-28(35)37-33-26/h6-12H,5,13H2,1-4H3,(H,32,33,35)/b24-16-. The second-order valence-corrected chi connectivity index (χ2v) is 9.56. The lowest BCUT2D eigenvalue weighted by Crippen LogP contribution is -2.05. The molecule has 1 aliphatic heterocycles. The zero-order chi connectivity index (χ0) is 25.8. The molecule has 0 aliphatic carbocycles. The van der Waals surface area contributed by atoms with Crippen LogP contribution in [0.5, 0.6) is 5.75 Å². The topological polar surface area (TPSA) is 98.8 Å². The van der Waals surface area contributed by atoms with Crippen molar-refractivity contribution in [1.82, 2.24) is 24.7 Å². The van der Waals surface area contributed by atoms with Crippen molar-refractivity contribution in [3.8, 4) is 11.4 Å². The Balaban J connectivity index is 1.62. The summed E-state index contributed by atoms with van der Waals surface area (Å²) in [6.07, 6.45) is 0.716. The van der Waals surface area contributed by atoms with E-state index in [1.165, 1.54) is 0 Å². The molecule has 0 unspecified atom stereocenters. The Morgan fingerprint density at radius 3 is 2.76 bits per heavy atom. The monoisotopic (exact) mass is 513 g/mol. The average molecular weight is 514 g/mol. The molecule has 9 heteroatoms. The van der Waals surface area contributed by atoms with Gasteiger partial charge < -0.3 is 4.74 Å². The van der Waals surface area contributed by atoms with Crippen LogP contribution in [0.2, 0.25) is 5.02 Å². The van der Waals surface area contributed by atoms with Gasteiger partial charge in [0.2, 0.25) is 0 Å². The molecule has 2 aromatic carbocycles. The van der Waals surface area contributed by atoms with Crippen LogP contribution in [0.15, 0.2) is 51.8 Å². The van der Waals surface area contributed by atoms with Crippen molar-refractivity contribution >= 4 is 33.9 Å². The second kappa shape index (κ2) is 8.74. The minimum atomic E-state index is -0.596. The van der Waals surface area contributed by atoms with Crippen molar-refractivity contribution in [2.45, 2.75) is 40.7 Å². The van der Waals surface area contributed by atoms with Gasteiger partial charge in [0.05, 0.1) is 5.02 Å². The van der Waals surface area contributed by atoms with Gasteiger partial charge in [-0.3, -0.25) is 14.1 Å². The summed E-state index contributed by atoms with van der Waals surface area (Å²) in [5, 5.41) is 4.54. The van der Waals surface area contributed by atoms with E-state index in [0.29, 0.717) is 29.4 Å². The number of aromatic amines is 1. The zero-order valence-electron chi connectivity index (χ0n) is 20.8. The highest BCUT2D eigenvalue weighted by Crippen LogP contribution is 2.42. The van der Waals surface area contributed by atoms with Gasteiger partial charge in [-0.25, -0.2) is 14.8 Å². The Hall–Kier alpha value is -4.17. The van der Waals surface area contributed by atoms with E-state index >= 15 is 0 Å². The van der Waals surface area contributed by atoms with Crippen LogP contribution in [-0.2, 0) is 13.0 Å². The van der Waals surface area contributed by atoms with E-state index in [9.17, 15) is 4.79 Å². The molecule has 0 bridgehead atoms. The van der Waals surface area contributed by atoms with Crippen molar-refractivity contribution in [1.29, 1.82) is 0 Å². The van der Waals surface area contributed by atoms with Gasteiger partial charge >= 0.3 is 5.76 Å². The van der Waals surface area contributed by atoms with E-state index < -0.39 is 5.76 Å². The molecule has 4 heterocycles. The van der Waals surface area contributed by atoms with E-state index in [1.54, 1.807) is 0 Å². The first-order chi connectivity index (χ1) is 17.9. The highest BCUT2D eigenvalue weighted by Gasteiger charge is 2.26. The number of aromatic nitrogens is 5. The minimum Gasteiger partial charge on any atom is -0.488 e. The lowest BCUT2D eigenvalue weighted by Gasteiger charge is -2.17. The fourth-order valence-electron chi connectivity index (χ4n) is 5.03. The number of ether oxygens (including phenoxy) is 1. The molecule has 0 fully saturated rings. The summed E-state index contributed by atoms with van der Waals surface area (Å²) >= 11 is 6.53. The van der Waals surface area contributed by atoms with E-state index in [-0.39, 0.29) is 0 Å². The number of hydrogen-bond donors (Lipinski definition) is 1. The molecule has 1 aliphatic rings. The van der Waals surface area contributed by atoms with Gasteiger partial charge in [0.15, 0.2) is 11.5 Å². The summed E-state index contributed by atoms with van der Waals surface area (Å²) < 4.78 is 13.2. The van der Waals surface area contributed by atoms with Crippen molar-refractivity contribution < 1.29 is 9.26 Å². The third kappa shape index (κ3) is 3.76. The maximum absolute atomic E-state index is 11.7. The van der Waals surface area contributed by atoms with Gasteiger partial charge in [0.25, 0.3) is 0 Å². The first-order valence-corrected chi connectivity index (χ1v) is 12.4. The van der Waals surface area contributed by atoms with Gasteiger partial charge in [0, 0.05) is 28.9 Å². The molecule has 8 nitrogen and oxygen atoms in total. The number of nitrogens with one attached hydrogen (secondary N) is 1. The first-order valence-electron chi connectivity index (χ1n) is 12.0. The Kier molecular flexibility index (Phi) is 5.49. The third-order valence-corrected chi connectivity index (χ3v) is 7.03. The summed E-state index contributed by atoms with van der Waals surface area (Å²) in [7, 11) is 0. The predicted molar refractivity (Wildman–Crippen MR) is 142 cm³/mol. The summed E-state index contributed by atoms with van der Waals surface area (Å²) in [4.78, 5) is 24.0. The van der Waals surface area contributed by atoms with Crippen molar-refractivity contribution in [3.05, 3.63) is 97.6 Å². The number of rotatable bonds is 3. The molecule has 6 rings (SSSR count). The molecule has 5 aromatic rings. The van der Waals surface area contributed by atoms with Crippen LogP contribution in [0, 0.1) is 13.8 Å². The summed E-state index contributed by atoms with van der Waals surface area (Å²) in [6, 6.07) is 14.1. The molecule has 0 saturated carbocycles. The maximum atomic E-state index is 11.7. The van der Waals surface area contributed by atoms with E-state index in [2.05, 4.69) is 39.8 Å². The second-order valence-electron chi connectivity index (χ2n) is 9.16. The number of fused-ring (bicyclic) bond motifs is 3. The van der Waals surface area contributed by atoms with Crippen LogP contribution >= 0.6 is 11.6 Å². The first kappa shape index (κ1) is 23.2. The zero-order valence-corrected chi connectivity index (χ0v) is 21.6. The maximum Gasteiger partial charge on any atom is 0.439 e. The van der Waals surface area contributed by atoms with Gasteiger partial charge in [-0.1, -0.05) is 41.9 Å². The number of H-pyrrole nitrogens is 1. The molecule has 0 amide bonds. The molecule has 0 radical (unpaired) electrons. The van der Waals surface area contributed by atoms with Crippen molar-refractivity contribution in [2.24, 2.45) is 0 Å². The fraction of sp³-hybridized carbons (Fsp3) is 0.214. The largest absolute Gasteiger partial charge is 0.488 e. The molecule has 1 N–H and O–H groups in total. The summed E-state index contributed by atoms with van der Waals surface area (Å²) in [5.74, 6) is 1.43. The molecule has 186 valence electrons. The Morgan fingerprint density at radius 1 is 1.16 bits per heavy atom. The normalized spacial score (nSPS) is 14.2. The number of nitrogens with zero attached hydrogens (tertiary/aromatic N) is 4. The van der Waals surface area contributed by atoms with Gasteiger partial charge in [-0.05, 0) is 67.3 Å². The van der Waals surface area contributed by atoms with Crippen LogP contribution in [-0.4, -0.2) is 24.7 Å². The molecule has 3 aromatic heterocycles.